The molecule has 3 N–H and O–H groups in total. The first-order chi connectivity index (χ1) is 6.08. The van der Waals surface area contributed by atoms with Crippen LogP contribution in [0.15, 0.2) is 23.0 Å². The van der Waals surface area contributed by atoms with Crippen molar-refractivity contribution in [2.75, 3.05) is 6.54 Å². The lowest BCUT2D eigenvalue weighted by atomic mass is 9.85. The standard InChI is InChI=1S/C10H17NO2/c1-8(2)10(12,7-11)5-9-3-4-13-6-9/h3-4,6,8,12H,5,7,11H2,1-2H3. The first-order valence-corrected chi connectivity index (χ1v) is 4.52. The Bertz CT molecular complexity index is 243. The molecular formula is C10H17NO2. The number of nitrogens with two attached hydrogens (primary N) is 1. The lowest BCUT2D eigenvalue weighted by Gasteiger charge is -2.30. The minimum absolute atomic E-state index is 0.146. The Morgan fingerprint density at radius 1 is 1.62 bits per heavy atom. The molecule has 0 aliphatic carbocycles. The summed E-state index contributed by atoms with van der Waals surface area (Å²) in [5, 5.41) is 10.1. The van der Waals surface area contributed by atoms with Gasteiger partial charge in [0.2, 0.25) is 0 Å². The summed E-state index contributed by atoms with van der Waals surface area (Å²) in [6.45, 7) is 4.20. The normalized spacial score (nSPS) is 16.1. The van der Waals surface area contributed by atoms with Crippen molar-refractivity contribution in [2.45, 2.75) is 25.9 Å². The lowest BCUT2D eigenvalue weighted by molar-refractivity contribution is 0.00396. The fraction of sp³-hybridized carbons (Fsp3) is 0.600. The Morgan fingerprint density at radius 2 is 2.31 bits per heavy atom. The molecule has 0 aromatic carbocycles. The number of aliphatic hydroxyl groups is 1. The fourth-order valence-electron chi connectivity index (χ4n) is 1.26. The lowest BCUT2D eigenvalue weighted by Crippen LogP contribution is -2.44. The summed E-state index contributed by atoms with van der Waals surface area (Å²) in [5.41, 5.74) is 5.72. The van der Waals surface area contributed by atoms with Crippen LogP contribution in [0.2, 0.25) is 0 Å². The summed E-state index contributed by atoms with van der Waals surface area (Å²) >= 11 is 0. The highest BCUT2D eigenvalue weighted by molar-refractivity contribution is 5.10. The molecule has 0 aliphatic heterocycles. The van der Waals surface area contributed by atoms with Gasteiger partial charge in [0.1, 0.15) is 0 Å². The highest BCUT2D eigenvalue weighted by Crippen LogP contribution is 2.21. The van der Waals surface area contributed by atoms with Crippen LogP contribution in [0, 0.1) is 5.92 Å². The van der Waals surface area contributed by atoms with Gasteiger partial charge >= 0.3 is 0 Å². The van der Waals surface area contributed by atoms with Gasteiger partial charge < -0.3 is 15.3 Å². The molecule has 13 heavy (non-hydrogen) atoms. The van der Waals surface area contributed by atoms with Crippen LogP contribution >= 0.6 is 0 Å². The maximum absolute atomic E-state index is 10.1. The molecule has 1 aromatic heterocycles. The SMILES string of the molecule is CC(C)C(O)(CN)Cc1ccoc1. The third-order valence-corrected chi connectivity index (χ3v) is 2.52. The number of hydrogen-bond acceptors (Lipinski definition) is 3. The summed E-state index contributed by atoms with van der Waals surface area (Å²) in [7, 11) is 0. The van der Waals surface area contributed by atoms with Crippen LogP contribution in [0.5, 0.6) is 0 Å². The molecule has 1 unspecified atom stereocenters. The Morgan fingerprint density at radius 3 is 2.69 bits per heavy atom. The maximum Gasteiger partial charge on any atom is 0.0935 e. The summed E-state index contributed by atoms with van der Waals surface area (Å²) in [5.74, 6) is 0.146. The molecule has 0 radical (unpaired) electrons. The molecule has 1 atom stereocenters. The molecule has 1 aromatic rings. The first kappa shape index (κ1) is 10.3. The third kappa shape index (κ3) is 2.32. The van der Waals surface area contributed by atoms with Gasteiger partial charge in [0.25, 0.3) is 0 Å². The van der Waals surface area contributed by atoms with Gasteiger partial charge in [0.05, 0.1) is 18.1 Å². The number of hydrogen-bond donors (Lipinski definition) is 2. The quantitative estimate of drug-likeness (QED) is 0.736. The minimum atomic E-state index is -0.816. The molecule has 74 valence electrons. The van der Waals surface area contributed by atoms with Crippen LogP contribution in [0.25, 0.3) is 0 Å². The van der Waals surface area contributed by atoms with Crippen LogP contribution in [0.1, 0.15) is 19.4 Å². The topological polar surface area (TPSA) is 59.4 Å². The Balaban J connectivity index is 2.69. The van der Waals surface area contributed by atoms with E-state index in [0.29, 0.717) is 6.42 Å². The van der Waals surface area contributed by atoms with E-state index in [1.54, 1.807) is 12.5 Å². The molecule has 3 nitrogen and oxygen atoms in total. The largest absolute Gasteiger partial charge is 0.472 e. The van der Waals surface area contributed by atoms with Gasteiger partial charge in [-0.3, -0.25) is 0 Å². The average Bonchev–Trinajstić information content (AvgIpc) is 2.56. The molecule has 3 heteroatoms. The summed E-state index contributed by atoms with van der Waals surface area (Å²) < 4.78 is 4.93. The van der Waals surface area contributed by atoms with E-state index in [9.17, 15) is 5.11 Å². The van der Waals surface area contributed by atoms with Crippen LogP contribution in [-0.4, -0.2) is 17.3 Å². The Hall–Kier alpha value is -0.800. The zero-order valence-electron chi connectivity index (χ0n) is 8.16. The highest BCUT2D eigenvalue weighted by atomic mass is 16.3. The van der Waals surface area contributed by atoms with Crippen LogP contribution < -0.4 is 5.73 Å². The van der Waals surface area contributed by atoms with E-state index in [-0.39, 0.29) is 12.5 Å². The van der Waals surface area contributed by atoms with Gasteiger partial charge in [0, 0.05) is 13.0 Å². The van der Waals surface area contributed by atoms with Crippen molar-refractivity contribution in [3.63, 3.8) is 0 Å². The van der Waals surface area contributed by atoms with Gasteiger partial charge in [0.15, 0.2) is 0 Å². The van der Waals surface area contributed by atoms with Crippen molar-refractivity contribution in [1.82, 2.24) is 0 Å². The summed E-state index contributed by atoms with van der Waals surface area (Å²) in [6.07, 6.45) is 3.80. The van der Waals surface area contributed by atoms with Gasteiger partial charge in [-0.25, -0.2) is 0 Å². The number of rotatable bonds is 4. The van der Waals surface area contributed by atoms with E-state index >= 15 is 0 Å². The van der Waals surface area contributed by atoms with Crippen LogP contribution in [0.4, 0.5) is 0 Å². The van der Waals surface area contributed by atoms with Crippen molar-refractivity contribution in [3.05, 3.63) is 24.2 Å². The van der Waals surface area contributed by atoms with Crippen LogP contribution in [-0.2, 0) is 6.42 Å². The molecule has 0 saturated carbocycles. The van der Waals surface area contributed by atoms with E-state index in [0.717, 1.165) is 5.56 Å². The first-order valence-electron chi connectivity index (χ1n) is 4.52. The van der Waals surface area contributed by atoms with Crippen LogP contribution in [0.3, 0.4) is 0 Å². The molecule has 0 saturated heterocycles. The van der Waals surface area contributed by atoms with Gasteiger partial charge in [-0.2, -0.15) is 0 Å². The van der Waals surface area contributed by atoms with E-state index in [2.05, 4.69) is 0 Å². The second kappa shape index (κ2) is 3.94. The highest BCUT2D eigenvalue weighted by Gasteiger charge is 2.29. The van der Waals surface area contributed by atoms with Gasteiger partial charge in [-0.1, -0.05) is 13.8 Å². The monoisotopic (exact) mass is 183 g/mol. The van der Waals surface area contributed by atoms with Gasteiger partial charge in [-0.05, 0) is 17.5 Å². The molecule has 0 fully saturated rings. The number of furan rings is 1. The summed E-state index contributed by atoms with van der Waals surface area (Å²) in [4.78, 5) is 0. The fourth-order valence-corrected chi connectivity index (χ4v) is 1.26. The molecule has 0 bridgehead atoms. The molecular weight excluding hydrogens is 166 g/mol. The summed E-state index contributed by atoms with van der Waals surface area (Å²) in [6, 6.07) is 1.85. The van der Waals surface area contributed by atoms with Crippen molar-refractivity contribution in [2.24, 2.45) is 11.7 Å². The second-order valence-electron chi connectivity index (χ2n) is 3.77. The minimum Gasteiger partial charge on any atom is -0.472 e. The predicted molar refractivity (Wildman–Crippen MR) is 51.3 cm³/mol. The molecule has 1 rings (SSSR count). The van der Waals surface area contributed by atoms with Crippen molar-refractivity contribution < 1.29 is 9.52 Å². The van der Waals surface area contributed by atoms with Crippen molar-refractivity contribution >= 4 is 0 Å². The Labute approximate surface area is 78.5 Å². The van der Waals surface area contributed by atoms with E-state index in [1.807, 2.05) is 19.9 Å². The molecule has 0 aliphatic rings. The molecule has 0 spiro atoms. The van der Waals surface area contributed by atoms with E-state index in [4.69, 9.17) is 10.2 Å². The average molecular weight is 183 g/mol. The zero-order chi connectivity index (χ0) is 9.90. The second-order valence-corrected chi connectivity index (χ2v) is 3.77. The smallest absolute Gasteiger partial charge is 0.0935 e. The van der Waals surface area contributed by atoms with Crippen molar-refractivity contribution in [3.8, 4) is 0 Å². The Kier molecular flexibility index (Phi) is 3.12. The van der Waals surface area contributed by atoms with E-state index < -0.39 is 5.60 Å². The maximum atomic E-state index is 10.1. The van der Waals surface area contributed by atoms with Crippen molar-refractivity contribution in [1.29, 1.82) is 0 Å². The van der Waals surface area contributed by atoms with Gasteiger partial charge in [-0.15, -0.1) is 0 Å². The predicted octanol–water partition coefficient (Wildman–Crippen LogP) is 1.17. The molecule has 0 amide bonds. The van der Waals surface area contributed by atoms with E-state index in [1.165, 1.54) is 0 Å². The zero-order valence-corrected chi connectivity index (χ0v) is 8.16. The molecule has 1 heterocycles. The third-order valence-electron chi connectivity index (χ3n) is 2.52.